The predicted molar refractivity (Wildman–Crippen MR) is 49.4 cm³/mol. The van der Waals surface area contributed by atoms with Gasteiger partial charge in [0.05, 0.1) is 0 Å². The maximum absolute atomic E-state index is 12.5. The van der Waals surface area contributed by atoms with Crippen molar-refractivity contribution >= 4 is 0 Å². The van der Waals surface area contributed by atoms with Gasteiger partial charge in [-0.3, -0.25) is 0 Å². The molecule has 0 saturated heterocycles. The van der Waals surface area contributed by atoms with Gasteiger partial charge in [0.2, 0.25) is 0 Å². The van der Waals surface area contributed by atoms with Gasteiger partial charge in [0.1, 0.15) is 0 Å². The zero-order valence-corrected chi connectivity index (χ0v) is 7.85. The van der Waals surface area contributed by atoms with Crippen molar-refractivity contribution in [1.82, 2.24) is 4.90 Å². The van der Waals surface area contributed by atoms with Crippen LogP contribution in [-0.2, 0) is 0 Å². The summed E-state index contributed by atoms with van der Waals surface area (Å²) in [5.74, 6) is 0. The van der Waals surface area contributed by atoms with Gasteiger partial charge in [0.15, 0.2) is 0 Å². The Morgan fingerprint density at radius 2 is 2.15 bits per heavy atom. The van der Waals surface area contributed by atoms with Crippen molar-refractivity contribution in [2.24, 2.45) is 0 Å². The van der Waals surface area contributed by atoms with Gasteiger partial charge in [-0.15, -0.1) is 0 Å². The predicted octanol–water partition coefficient (Wildman–Crippen LogP) is 2.93. The number of halogens is 2. The summed E-state index contributed by atoms with van der Waals surface area (Å²) in [6.07, 6.45) is 0.873. The molecule has 0 bridgehead atoms. The van der Waals surface area contributed by atoms with E-state index in [1.165, 1.54) is 6.08 Å². The standard InChI is InChI=1S/C10H13F2N/c1-4-13-6-7(2)5-9(8(13)3)10(11)12/h5-6,10H,3-4H2,1-2H3. The molecule has 0 fully saturated rings. The van der Waals surface area contributed by atoms with Crippen LogP contribution in [0.1, 0.15) is 13.8 Å². The van der Waals surface area contributed by atoms with Crippen molar-refractivity contribution in [3.8, 4) is 0 Å². The number of hydrogen-bond donors (Lipinski definition) is 0. The molecule has 0 unspecified atom stereocenters. The summed E-state index contributed by atoms with van der Waals surface area (Å²) in [5, 5.41) is 0. The Morgan fingerprint density at radius 3 is 2.62 bits per heavy atom. The molecule has 0 atom stereocenters. The third kappa shape index (κ3) is 1.97. The second-order valence-corrected chi connectivity index (χ2v) is 3.01. The molecule has 0 aromatic carbocycles. The molecule has 1 aliphatic rings. The molecule has 0 spiro atoms. The molecule has 0 saturated carbocycles. The number of hydrogen-bond acceptors (Lipinski definition) is 1. The number of likely N-dealkylation sites (N-methyl/N-ethyl adjacent to an activating group) is 1. The molecule has 3 heteroatoms. The van der Waals surface area contributed by atoms with Crippen LogP contribution in [-0.4, -0.2) is 17.9 Å². The number of allylic oxidation sites excluding steroid dienone is 3. The quantitative estimate of drug-likeness (QED) is 0.639. The van der Waals surface area contributed by atoms with Gasteiger partial charge in [-0.05, 0) is 25.5 Å². The van der Waals surface area contributed by atoms with Gasteiger partial charge in [-0.25, -0.2) is 8.78 Å². The van der Waals surface area contributed by atoms with Crippen LogP contribution in [0.25, 0.3) is 0 Å². The van der Waals surface area contributed by atoms with E-state index in [0.717, 1.165) is 5.57 Å². The summed E-state index contributed by atoms with van der Waals surface area (Å²) < 4.78 is 24.9. The molecule has 1 heterocycles. The molecule has 0 aromatic heterocycles. The number of rotatable bonds is 2. The van der Waals surface area contributed by atoms with Crippen LogP contribution >= 0.6 is 0 Å². The van der Waals surface area contributed by atoms with Gasteiger partial charge in [0.25, 0.3) is 6.43 Å². The number of alkyl halides is 2. The zero-order valence-electron chi connectivity index (χ0n) is 7.85. The molecule has 0 N–H and O–H groups in total. The molecular weight excluding hydrogens is 172 g/mol. The van der Waals surface area contributed by atoms with E-state index >= 15 is 0 Å². The first-order chi connectivity index (χ1) is 6.06. The lowest BCUT2D eigenvalue weighted by Gasteiger charge is -2.27. The maximum atomic E-state index is 12.5. The van der Waals surface area contributed by atoms with Crippen molar-refractivity contribution in [3.63, 3.8) is 0 Å². The highest BCUT2D eigenvalue weighted by molar-refractivity contribution is 5.41. The second-order valence-electron chi connectivity index (χ2n) is 3.01. The molecule has 1 nitrogen and oxygen atoms in total. The largest absolute Gasteiger partial charge is 0.348 e. The van der Waals surface area contributed by atoms with Crippen molar-refractivity contribution in [2.75, 3.05) is 6.54 Å². The molecule has 13 heavy (non-hydrogen) atoms. The van der Waals surface area contributed by atoms with Crippen LogP contribution < -0.4 is 0 Å². The van der Waals surface area contributed by atoms with E-state index in [2.05, 4.69) is 6.58 Å². The van der Waals surface area contributed by atoms with Crippen molar-refractivity contribution in [2.45, 2.75) is 20.3 Å². The van der Waals surface area contributed by atoms with Crippen LogP contribution in [0.2, 0.25) is 0 Å². The molecule has 0 radical (unpaired) electrons. The van der Waals surface area contributed by atoms with Crippen molar-refractivity contribution in [1.29, 1.82) is 0 Å². The van der Waals surface area contributed by atoms with Gasteiger partial charge in [0, 0.05) is 24.0 Å². The number of nitrogens with zero attached hydrogens (tertiary/aromatic N) is 1. The average Bonchev–Trinajstić information content (AvgIpc) is 2.08. The molecule has 0 amide bonds. The van der Waals surface area contributed by atoms with Crippen LogP contribution in [0.5, 0.6) is 0 Å². The van der Waals surface area contributed by atoms with E-state index in [-0.39, 0.29) is 5.57 Å². The Bertz CT molecular complexity index is 277. The lowest BCUT2D eigenvalue weighted by Crippen LogP contribution is -2.22. The molecule has 1 rings (SSSR count). The van der Waals surface area contributed by atoms with E-state index in [1.54, 1.807) is 11.8 Å². The summed E-state index contributed by atoms with van der Waals surface area (Å²) in [7, 11) is 0. The van der Waals surface area contributed by atoms with Gasteiger partial charge >= 0.3 is 0 Å². The molecule has 0 aromatic rings. The van der Waals surface area contributed by atoms with Crippen LogP contribution in [0.15, 0.2) is 35.7 Å². The monoisotopic (exact) mass is 185 g/mol. The maximum Gasteiger partial charge on any atom is 0.265 e. The van der Waals surface area contributed by atoms with E-state index in [4.69, 9.17) is 0 Å². The van der Waals surface area contributed by atoms with Gasteiger partial charge in [-0.2, -0.15) is 0 Å². The summed E-state index contributed by atoms with van der Waals surface area (Å²) in [5.41, 5.74) is 1.27. The third-order valence-electron chi connectivity index (χ3n) is 2.00. The summed E-state index contributed by atoms with van der Waals surface area (Å²) in [4.78, 5) is 1.73. The Labute approximate surface area is 77.0 Å². The summed E-state index contributed by atoms with van der Waals surface area (Å²) in [6, 6.07) is 0. The first kappa shape index (κ1) is 9.96. The fourth-order valence-corrected chi connectivity index (χ4v) is 1.33. The fraction of sp³-hybridized carbons (Fsp3) is 0.400. The Hall–Kier alpha value is -1.12. The Kier molecular flexibility index (Phi) is 2.86. The smallest absolute Gasteiger partial charge is 0.265 e. The minimum absolute atomic E-state index is 0.0295. The Balaban J connectivity index is 2.97. The van der Waals surface area contributed by atoms with Crippen LogP contribution in [0.3, 0.4) is 0 Å². The zero-order chi connectivity index (χ0) is 10.0. The van der Waals surface area contributed by atoms with Crippen molar-refractivity contribution in [3.05, 3.63) is 35.7 Å². The van der Waals surface area contributed by atoms with Gasteiger partial charge < -0.3 is 4.90 Å². The fourth-order valence-electron chi connectivity index (χ4n) is 1.33. The lowest BCUT2D eigenvalue weighted by atomic mass is 10.1. The third-order valence-corrected chi connectivity index (χ3v) is 2.00. The second kappa shape index (κ2) is 3.73. The highest BCUT2D eigenvalue weighted by Gasteiger charge is 2.20. The van der Waals surface area contributed by atoms with E-state index < -0.39 is 6.43 Å². The topological polar surface area (TPSA) is 3.24 Å². The lowest BCUT2D eigenvalue weighted by molar-refractivity contribution is 0.186. The van der Waals surface area contributed by atoms with Crippen LogP contribution in [0, 0.1) is 0 Å². The van der Waals surface area contributed by atoms with Crippen molar-refractivity contribution < 1.29 is 8.78 Å². The first-order valence-corrected chi connectivity index (χ1v) is 4.20. The Morgan fingerprint density at radius 1 is 1.54 bits per heavy atom. The average molecular weight is 185 g/mol. The highest BCUT2D eigenvalue weighted by Crippen LogP contribution is 2.26. The van der Waals surface area contributed by atoms with Gasteiger partial charge in [-0.1, -0.05) is 6.58 Å². The van der Waals surface area contributed by atoms with E-state index in [1.807, 2.05) is 13.1 Å². The minimum Gasteiger partial charge on any atom is -0.348 e. The molecular formula is C10H13F2N. The molecule has 0 aliphatic carbocycles. The SMILES string of the molecule is C=C1C(C(F)F)=CC(C)=CN1CC. The summed E-state index contributed by atoms with van der Waals surface area (Å²) in [6.45, 7) is 8.01. The van der Waals surface area contributed by atoms with Crippen LogP contribution in [0.4, 0.5) is 8.78 Å². The first-order valence-electron chi connectivity index (χ1n) is 4.20. The van der Waals surface area contributed by atoms with E-state index in [0.29, 0.717) is 12.2 Å². The normalized spacial score (nSPS) is 17.6. The minimum atomic E-state index is -2.44. The molecule has 1 aliphatic heterocycles. The highest BCUT2D eigenvalue weighted by atomic mass is 19.3. The summed E-state index contributed by atoms with van der Waals surface area (Å²) >= 11 is 0. The molecule has 72 valence electrons. The van der Waals surface area contributed by atoms with E-state index in [9.17, 15) is 8.78 Å².